The maximum atomic E-state index is 12.7. The molecule has 1 heterocycles. The average Bonchev–Trinajstić information content (AvgIpc) is 3.15. The fourth-order valence-electron chi connectivity index (χ4n) is 3.02. The largest absolute Gasteiger partial charge is 0.416 e. The number of amidine groups is 1. The first-order valence-corrected chi connectivity index (χ1v) is 8.01. The highest BCUT2D eigenvalue weighted by Gasteiger charge is 2.29. The van der Waals surface area contributed by atoms with Crippen LogP contribution in [0.4, 0.5) is 13.2 Å². The molecule has 3 aromatic carbocycles. The van der Waals surface area contributed by atoms with Crippen molar-refractivity contribution in [3.05, 3.63) is 71.8 Å². The summed E-state index contributed by atoms with van der Waals surface area (Å²) in [6.07, 6.45) is -4.31. The van der Waals surface area contributed by atoms with E-state index in [1.54, 1.807) is 0 Å². The Morgan fingerprint density at radius 3 is 1.96 bits per heavy atom. The lowest BCUT2D eigenvalue weighted by atomic mass is 9.99. The van der Waals surface area contributed by atoms with Gasteiger partial charge in [0, 0.05) is 12.1 Å². The third-order valence-electron chi connectivity index (χ3n) is 4.33. The van der Waals surface area contributed by atoms with Crippen molar-refractivity contribution in [3.8, 4) is 11.1 Å². The van der Waals surface area contributed by atoms with E-state index >= 15 is 0 Å². The van der Waals surface area contributed by atoms with E-state index in [-0.39, 0.29) is 0 Å². The number of hydrogen-bond donors (Lipinski definition) is 1. The number of nitrogens with zero attached hydrogens (tertiary/aromatic N) is 1. The van der Waals surface area contributed by atoms with Gasteiger partial charge < -0.3 is 5.32 Å². The number of hydrogen-bond acceptors (Lipinski definition) is 2. The maximum absolute atomic E-state index is 12.7. The van der Waals surface area contributed by atoms with Crippen LogP contribution in [0.1, 0.15) is 11.1 Å². The Labute approximate surface area is 143 Å². The normalized spacial score (nSPS) is 14.4. The van der Waals surface area contributed by atoms with Gasteiger partial charge in [-0.2, -0.15) is 13.2 Å². The van der Waals surface area contributed by atoms with Gasteiger partial charge in [0.1, 0.15) is 5.84 Å². The van der Waals surface area contributed by atoms with E-state index in [1.165, 1.54) is 12.1 Å². The SMILES string of the molecule is FC(F)(F)c1ccc(-c2ccc3cc(C4=NCCN4)ccc3c2)cc1. The Bertz CT molecular complexity index is 957. The summed E-state index contributed by atoms with van der Waals surface area (Å²) < 4.78 is 38.0. The van der Waals surface area contributed by atoms with Gasteiger partial charge in [0.2, 0.25) is 0 Å². The molecule has 0 fully saturated rings. The predicted molar refractivity (Wildman–Crippen MR) is 93.8 cm³/mol. The molecule has 126 valence electrons. The molecule has 0 unspecified atom stereocenters. The molecular formula is C20H15F3N2. The fourth-order valence-corrected chi connectivity index (χ4v) is 3.02. The van der Waals surface area contributed by atoms with Crippen molar-refractivity contribution in [2.24, 2.45) is 4.99 Å². The van der Waals surface area contributed by atoms with E-state index in [0.717, 1.165) is 58.5 Å². The standard InChI is InChI=1S/C20H15F3N2/c21-20(22,23)18-7-5-13(6-8-18)14-1-2-16-12-17(4-3-15(16)11-14)19-24-9-10-25-19/h1-8,11-12H,9-10H2,(H,24,25). The van der Waals surface area contributed by atoms with E-state index in [0.29, 0.717) is 0 Å². The molecule has 0 saturated heterocycles. The van der Waals surface area contributed by atoms with Gasteiger partial charge in [-0.25, -0.2) is 0 Å². The van der Waals surface area contributed by atoms with Crippen molar-refractivity contribution < 1.29 is 13.2 Å². The van der Waals surface area contributed by atoms with Crippen LogP contribution in [0.25, 0.3) is 21.9 Å². The lowest BCUT2D eigenvalue weighted by Crippen LogP contribution is -2.19. The van der Waals surface area contributed by atoms with E-state index in [2.05, 4.69) is 16.4 Å². The topological polar surface area (TPSA) is 24.4 Å². The van der Waals surface area contributed by atoms with Crippen LogP contribution < -0.4 is 5.32 Å². The van der Waals surface area contributed by atoms with Crippen molar-refractivity contribution >= 4 is 16.6 Å². The predicted octanol–water partition coefficient (Wildman–Crippen LogP) is 4.88. The molecule has 0 saturated carbocycles. The van der Waals surface area contributed by atoms with Crippen LogP contribution in [0, 0.1) is 0 Å². The van der Waals surface area contributed by atoms with Gasteiger partial charge in [-0.1, -0.05) is 36.4 Å². The summed E-state index contributed by atoms with van der Waals surface area (Å²) in [5.41, 5.74) is 2.07. The summed E-state index contributed by atoms with van der Waals surface area (Å²) in [6.45, 7) is 1.65. The summed E-state index contributed by atoms with van der Waals surface area (Å²) in [7, 11) is 0. The Hall–Kier alpha value is -2.82. The molecule has 0 aliphatic carbocycles. The first-order chi connectivity index (χ1) is 12.0. The number of alkyl halides is 3. The van der Waals surface area contributed by atoms with Gasteiger partial charge in [-0.3, -0.25) is 4.99 Å². The summed E-state index contributed by atoms with van der Waals surface area (Å²) in [5.74, 6) is 0.911. The lowest BCUT2D eigenvalue weighted by molar-refractivity contribution is -0.137. The van der Waals surface area contributed by atoms with Crippen molar-refractivity contribution in [1.29, 1.82) is 0 Å². The summed E-state index contributed by atoms with van der Waals surface area (Å²) in [4.78, 5) is 4.42. The highest BCUT2D eigenvalue weighted by Crippen LogP contribution is 2.31. The number of rotatable bonds is 2. The van der Waals surface area contributed by atoms with Crippen LogP contribution in [0.2, 0.25) is 0 Å². The van der Waals surface area contributed by atoms with E-state index in [4.69, 9.17) is 0 Å². The minimum atomic E-state index is -4.31. The summed E-state index contributed by atoms with van der Waals surface area (Å²) >= 11 is 0. The molecule has 2 nitrogen and oxygen atoms in total. The highest BCUT2D eigenvalue weighted by molar-refractivity contribution is 6.03. The van der Waals surface area contributed by atoms with Gasteiger partial charge in [0.15, 0.2) is 0 Å². The Morgan fingerprint density at radius 2 is 1.36 bits per heavy atom. The maximum Gasteiger partial charge on any atom is 0.416 e. The van der Waals surface area contributed by atoms with Gasteiger partial charge in [0.25, 0.3) is 0 Å². The molecule has 25 heavy (non-hydrogen) atoms. The first kappa shape index (κ1) is 15.7. The highest BCUT2D eigenvalue weighted by atomic mass is 19.4. The number of benzene rings is 3. The van der Waals surface area contributed by atoms with Gasteiger partial charge >= 0.3 is 6.18 Å². The molecule has 3 aromatic rings. The Balaban J connectivity index is 1.68. The van der Waals surface area contributed by atoms with Gasteiger partial charge in [-0.05, 0) is 46.2 Å². The van der Waals surface area contributed by atoms with Crippen LogP contribution >= 0.6 is 0 Å². The Kier molecular flexibility index (Phi) is 3.71. The van der Waals surface area contributed by atoms with Crippen LogP contribution in [0.5, 0.6) is 0 Å². The van der Waals surface area contributed by atoms with Crippen LogP contribution in [0.3, 0.4) is 0 Å². The van der Waals surface area contributed by atoms with E-state index in [1.807, 2.05) is 30.3 Å². The minimum absolute atomic E-state index is 0.633. The third kappa shape index (κ3) is 3.09. The monoisotopic (exact) mass is 340 g/mol. The van der Waals surface area contributed by atoms with Crippen molar-refractivity contribution in [2.75, 3.05) is 13.1 Å². The number of nitrogens with one attached hydrogen (secondary N) is 1. The smallest absolute Gasteiger partial charge is 0.368 e. The second kappa shape index (κ2) is 5.92. The minimum Gasteiger partial charge on any atom is -0.368 e. The summed E-state index contributed by atoms with van der Waals surface area (Å²) in [6, 6.07) is 17.3. The zero-order valence-corrected chi connectivity index (χ0v) is 13.3. The van der Waals surface area contributed by atoms with Crippen molar-refractivity contribution in [1.82, 2.24) is 5.32 Å². The van der Waals surface area contributed by atoms with Gasteiger partial charge in [0.05, 0.1) is 12.1 Å². The lowest BCUT2D eigenvalue weighted by Gasteiger charge is -2.09. The van der Waals surface area contributed by atoms with Crippen molar-refractivity contribution in [2.45, 2.75) is 6.18 Å². The number of fused-ring (bicyclic) bond motifs is 1. The molecule has 1 N–H and O–H groups in total. The molecular weight excluding hydrogens is 325 g/mol. The zero-order valence-electron chi connectivity index (χ0n) is 13.3. The molecule has 0 atom stereocenters. The molecule has 0 aromatic heterocycles. The second-order valence-electron chi connectivity index (χ2n) is 6.01. The van der Waals surface area contributed by atoms with Crippen LogP contribution in [-0.4, -0.2) is 18.9 Å². The van der Waals surface area contributed by atoms with Crippen LogP contribution in [-0.2, 0) is 6.18 Å². The van der Waals surface area contributed by atoms with Crippen molar-refractivity contribution in [3.63, 3.8) is 0 Å². The second-order valence-corrected chi connectivity index (χ2v) is 6.01. The molecule has 5 heteroatoms. The molecule has 0 amide bonds. The number of aliphatic imine (C=N–C) groups is 1. The van der Waals surface area contributed by atoms with Crippen LogP contribution in [0.15, 0.2) is 65.7 Å². The molecule has 0 radical (unpaired) electrons. The van der Waals surface area contributed by atoms with Gasteiger partial charge in [-0.15, -0.1) is 0 Å². The summed E-state index contributed by atoms with van der Waals surface area (Å²) in [5, 5.41) is 5.37. The quantitative estimate of drug-likeness (QED) is 0.707. The zero-order chi connectivity index (χ0) is 17.4. The first-order valence-electron chi connectivity index (χ1n) is 8.01. The van der Waals surface area contributed by atoms with E-state index < -0.39 is 11.7 Å². The molecule has 0 spiro atoms. The molecule has 1 aliphatic rings. The van der Waals surface area contributed by atoms with E-state index in [9.17, 15) is 13.2 Å². The third-order valence-corrected chi connectivity index (χ3v) is 4.33. The average molecular weight is 340 g/mol. The molecule has 4 rings (SSSR count). The molecule has 1 aliphatic heterocycles. The number of halogens is 3. The fraction of sp³-hybridized carbons (Fsp3) is 0.150. The molecule has 0 bridgehead atoms. The Morgan fingerprint density at radius 1 is 0.760 bits per heavy atom.